The van der Waals surface area contributed by atoms with Crippen molar-refractivity contribution in [2.24, 2.45) is 5.92 Å². The molecule has 0 bridgehead atoms. The molecule has 1 aromatic heterocycles. The molecule has 4 aromatic rings. The lowest BCUT2D eigenvalue weighted by molar-refractivity contribution is -0.125. The summed E-state index contributed by atoms with van der Waals surface area (Å²) in [6.07, 6.45) is 0. The van der Waals surface area contributed by atoms with Gasteiger partial charge in [-0.05, 0) is 47.4 Å². The Kier molecular flexibility index (Phi) is 5.59. The highest BCUT2D eigenvalue weighted by Gasteiger charge is 2.43. The molecule has 37 heavy (non-hydrogen) atoms. The molecule has 3 atom stereocenters. The maximum Gasteiger partial charge on any atom is 0.254 e. The van der Waals surface area contributed by atoms with Crippen LogP contribution in [-0.2, 0) is 4.79 Å². The number of nitrogens with one attached hydrogen (secondary N) is 2. The Labute approximate surface area is 214 Å². The summed E-state index contributed by atoms with van der Waals surface area (Å²) < 4.78 is 11.1. The number of imidazole rings is 1. The van der Waals surface area contributed by atoms with E-state index in [-0.39, 0.29) is 30.6 Å². The van der Waals surface area contributed by atoms with Crippen molar-refractivity contribution in [1.82, 2.24) is 20.2 Å². The van der Waals surface area contributed by atoms with Crippen molar-refractivity contribution < 1.29 is 19.1 Å². The topological polar surface area (TPSA) is 96.6 Å². The molecule has 2 amide bonds. The number of hydrogen-bond acceptors (Lipinski definition) is 5. The van der Waals surface area contributed by atoms with Crippen molar-refractivity contribution in [2.75, 3.05) is 13.8 Å². The van der Waals surface area contributed by atoms with Crippen LogP contribution in [0, 0.1) is 5.92 Å². The Morgan fingerprint density at radius 2 is 1.81 bits per heavy atom. The molecule has 3 aromatic carbocycles. The third-order valence-corrected chi connectivity index (χ3v) is 7.27. The van der Waals surface area contributed by atoms with E-state index in [0.717, 1.165) is 16.6 Å². The number of rotatable bonds is 5. The van der Waals surface area contributed by atoms with Crippen LogP contribution in [0.25, 0.3) is 11.0 Å². The minimum absolute atomic E-state index is 0.0756. The molecule has 0 aliphatic carbocycles. The van der Waals surface area contributed by atoms with Crippen LogP contribution in [-0.4, -0.2) is 40.5 Å². The standard InChI is InChI=1S/C29H28N4O4/c1-16(2)25(27-30-20-10-6-7-11-21(20)31-27)32-28(34)24-18-8-4-5-9-19(18)29(35)33(3)26(24)17-12-13-22-23(14-17)37-15-36-22/h4-14,16,24-26H,15H2,1-3H3,(H,30,31)(H,32,34)/t24?,25-,26?/m0/s1. The number of likely N-dealkylation sites (N-methyl/N-ethyl adjacent to an activating group) is 1. The molecule has 2 N–H and O–H groups in total. The van der Waals surface area contributed by atoms with Gasteiger partial charge in [0.1, 0.15) is 5.82 Å². The first-order chi connectivity index (χ1) is 17.9. The molecular weight excluding hydrogens is 468 g/mol. The molecule has 0 radical (unpaired) electrons. The average Bonchev–Trinajstić information content (AvgIpc) is 3.55. The lowest BCUT2D eigenvalue weighted by Crippen LogP contribution is -2.46. The normalized spacial score (nSPS) is 19.2. The fourth-order valence-electron chi connectivity index (χ4n) is 5.38. The number of carbonyl (C=O) groups is 2. The first-order valence-electron chi connectivity index (χ1n) is 12.4. The number of benzene rings is 3. The lowest BCUT2D eigenvalue weighted by Gasteiger charge is -2.40. The van der Waals surface area contributed by atoms with Crippen LogP contribution < -0.4 is 14.8 Å². The lowest BCUT2D eigenvalue weighted by atomic mass is 9.79. The van der Waals surface area contributed by atoms with E-state index < -0.39 is 12.0 Å². The summed E-state index contributed by atoms with van der Waals surface area (Å²) in [7, 11) is 1.74. The fraction of sp³-hybridized carbons (Fsp3) is 0.276. The van der Waals surface area contributed by atoms with Gasteiger partial charge in [0.2, 0.25) is 12.7 Å². The number of amides is 2. The molecule has 8 heteroatoms. The molecule has 0 saturated heterocycles. The maximum absolute atomic E-state index is 14.2. The van der Waals surface area contributed by atoms with Crippen molar-refractivity contribution in [1.29, 1.82) is 0 Å². The zero-order valence-corrected chi connectivity index (χ0v) is 20.9. The molecule has 0 fully saturated rings. The minimum atomic E-state index is -0.634. The third kappa shape index (κ3) is 3.89. The van der Waals surface area contributed by atoms with Gasteiger partial charge in [-0.1, -0.05) is 50.2 Å². The summed E-state index contributed by atoms with van der Waals surface area (Å²) in [5.74, 6) is 1.11. The highest BCUT2D eigenvalue weighted by Crippen LogP contribution is 2.45. The number of nitrogens with zero attached hydrogens (tertiary/aromatic N) is 2. The van der Waals surface area contributed by atoms with E-state index in [4.69, 9.17) is 14.5 Å². The van der Waals surface area contributed by atoms with E-state index in [0.29, 0.717) is 28.5 Å². The van der Waals surface area contributed by atoms with Gasteiger partial charge < -0.3 is 24.7 Å². The molecule has 2 aliphatic rings. The second kappa shape index (κ2) is 8.96. The number of H-pyrrole nitrogens is 1. The molecular formula is C29H28N4O4. The summed E-state index contributed by atoms with van der Waals surface area (Å²) in [5.41, 5.74) is 3.82. The van der Waals surface area contributed by atoms with E-state index in [1.165, 1.54) is 0 Å². The Morgan fingerprint density at radius 3 is 2.62 bits per heavy atom. The molecule has 6 rings (SSSR count). The molecule has 0 saturated carbocycles. The first-order valence-corrected chi connectivity index (χ1v) is 12.4. The highest BCUT2D eigenvalue weighted by atomic mass is 16.7. The first kappa shape index (κ1) is 23.1. The highest BCUT2D eigenvalue weighted by molar-refractivity contribution is 6.01. The molecule has 188 valence electrons. The number of ether oxygens (including phenoxy) is 2. The number of aromatic amines is 1. The van der Waals surface area contributed by atoms with E-state index >= 15 is 0 Å². The SMILES string of the molecule is CC(C)[C@H](NC(=O)C1c2ccccc2C(=O)N(C)C1c1ccc2c(c1)OCO2)c1nc2ccccc2[nH]1. The van der Waals surface area contributed by atoms with Crippen molar-refractivity contribution in [3.05, 3.63) is 89.2 Å². The summed E-state index contributed by atoms with van der Waals surface area (Å²) in [4.78, 5) is 37.3. The van der Waals surface area contributed by atoms with Gasteiger partial charge in [-0.25, -0.2) is 4.98 Å². The van der Waals surface area contributed by atoms with Crippen LogP contribution in [0.3, 0.4) is 0 Å². The second-order valence-corrected chi connectivity index (χ2v) is 9.91. The molecule has 0 spiro atoms. The predicted molar refractivity (Wildman–Crippen MR) is 138 cm³/mol. The number of para-hydroxylation sites is 2. The minimum Gasteiger partial charge on any atom is -0.454 e. The quantitative estimate of drug-likeness (QED) is 0.417. The molecule has 8 nitrogen and oxygen atoms in total. The van der Waals surface area contributed by atoms with Gasteiger partial charge in [0, 0.05) is 12.6 Å². The van der Waals surface area contributed by atoms with Crippen LogP contribution >= 0.6 is 0 Å². The Bertz CT molecular complexity index is 1480. The smallest absolute Gasteiger partial charge is 0.254 e. The van der Waals surface area contributed by atoms with Crippen molar-refractivity contribution in [2.45, 2.75) is 31.8 Å². The number of carbonyl (C=O) groups excluding carboxylic acids is 2. The zero-order valence-electron chi connectivity index (χ0n) is 20.9. The average molecular weight is 497 g/mol. The number of fused-ring (bicyclic) bond motifs is 3. The van der Waals surface area contributed by atoms with Crippen LogP contribution in [0.5, 0.6) is 11.5 Å². The van der Waals surface area contributed by atoms with Gasteiger partial charge >= 0.3 is 0 Å². The van der Waals surface area contributed by atoms with Gasteiger partial charge in [0.25, 0.3) is 5.91 Å². The van der Waals surface area contributed by atoms with Gasteiger partial charge in [-0.15, -0.1) is 0 Å². The van der Waals surface area contributed by atoms with E-state index in [1.807, 2.05) is 60.7 Å². The summed E-state index contributed by atoms with van der Waals surface area (Å²) in [6, 6.07) is 19.9. The Morgan fingerprint density at radius 1 is 1.05 bits per heavy atom. The van der Waals surface area contributed by atoms with Crippen LogP contribution in [0.15, 0.2) is 66.7 Å². The zero-order chi connectivity index (χ0) is 25.7. The third-order valence-electron chi connectivity index (χ3n) is 7.27. The Hall–Kier alpha value is -4.33. The molecule has 2 aliphatic heterocycles. The predicted octanol–water partition coefficient (Wildman–Crippen LogP) is 4.72. The van der Waals surface area contributed by atoms with Gasteiger partial charge in [0.05, 0.1) is 29.0 Å². The van der Waals surface area contributed by atoms with Gasteiger partial charge in [-0.2, -0.15) is 0 Å². The summed E-state index contributed by atoms with van der Waals surface area (Å²) >= 11 is 0. The monoisotopic (exact) mass is 496 g/mol. The Balaban J connectivity index is 1.42. The number of aromatic nitrogens is 2. The van der Waals surface area contributed by atoms with Crippen molar-refractivity contribution in [3.8, 4) is 11.5 Å². The molecule has 3 heterocycles. The van der Waals surface area contributed by atoms with Crippen molar-refractivity contribution in [3.63, 3.8) is 0 Å². The molecule has 2 unspecified atom stereocenters. The van der Waals surface area contributed by atoms with Gasteiger partial charge in [0.15, 0.2) is 11.5 Å². The van der Waals surface area contributed by atoms with E-state index in [2.05, 4.69) is 24.1 Å². The summed E-state index contributed by atoms with van der Waals surface area (Å²) in [5, 5.41) is 3.27. The fourth-order valence-corrected chi connectivity index (χ4v) is 5.38. The van der Waals surface area contributed by atoms with Crippen LogP contribution in [0.4, 0.5) is 0 Å². The largest absolute Gasteiger partial charge is 0.454 e. The van der Waals surface area contributed by atoms with Crippen molar-refractivity contribution >= 4 is 22.8 Å². The second-order valence-electron chi connectivity index (χ2n) is 9.91. The maximum atomic E-state index is 14.2. The number of hydrogen-bond donors (Lipinski definition) is 2. The van der Waals surface area contributed by atoms with E-state index in [1.54, 1.807) is 18.0 Å². The van der Waals surface area contributed by atoms with Crippen LogP contribution in [0.1, 0.15) is 59.2 Å². The van der Waals surface area contributed by atoms with E-state index in [9.17, 15) is 9.59 Å². The van der Waals surface area contributed by atoms with Crippen LogP contribution in [0.2, 0.25) is 0 Å². The summed E-state index contributed by atoms with van der Waals surface area (Å²) in [6.45, 7) is 4.26. The van der Waals surface area contributed by atoms with Gasteiger partial charge in [-0.3, -0.25) is 9.59 Å².